The first-order chi connectivity index (χ1) is 7.11. The first kappa shape index (κ1) is 11.6. The highest BCUT2D eigenvalue weighted by Gasteiger charge is 2.56. The third-order valence-electron chi connectivity index (χ3n) is 4.10. The molecule has 15 heavy (non-hydrogen) atoms. The van der Waals surface area contributed by atoms with Crippen molar-refractivity contribution in [3.05, 3.63) is 10.1 Å². The van der Waals surface area contributed by atoms with Crippen molar-refractivity contribution in [1.82, 2.24) is 0 Å². The van der Waals surface area contributed by atoms with Crippen molar-refractivity contribution in [2.75, 3.05) is 0 Å². The molecule has 0 saturated heterocycles. The maximum atomic E-state index is 10.7. The van der Waals surface area contributed by atoms with E-state index < -0.39 is 0 Å². The predicted octanol–water partition coefficient (Wildman–Crippen LogP) is 3.28. The Kier molecular flexibility index (Phi) is 3.52. The third-order valence-corrected chi connectivity index (χ3v) is 5.85. The minimum Gasteiger partial charge on any atom is -0.264 e. The number of halogens is 1. The van der Waals surface area contributed by atoms with Gasteiger partial charge in [-0.25, -0.2) is 0 Å². The van der Waals surface area contributed by atoms with Gasteiger partial charge < -0.3 is 0 Å². The van der Waals surface area contributed by atoms with Gasteiger partial charge >= 0.3 is 0 Å². The van der Waals surface area contributed by atoms with Crippen LogP contribution in [0.4, 0.5) is 0 Å². The standard InChI is InChI=1S/C11H18INO2/c1-7(13(14)15)10-9(11(10)12)6-8-4-2-3-5-8/h7-11H,2-6H2,1H3. The van der Waals surface area contributed by atoms with Gasteiger partial charge in [-0.05, 0) is 18.3 Å². The van der Waals surface area contributed by atoms with Gasteiger partial charge in [-0.2, -0.15) is 0 Å². The van der Waals surface area contributed by atoms with E-state index in [9.17, 15) is 10.1 Å². The molecule has 4 heteroatoms. The first-order valence-electron chi connectivity index (χ1n) is 5.89. The molecule has 0 aromatic heterocycles. The lowest BCUT2D eigenvalue weighted by molar-refractivity contribution is -0.523. The van der Waals surface area contributed by atoms with Crippen LogP contribution in [0.2, 0.25) is 0 Å². The molecular formula is C11H18INO2. The zero-order chi connectivity index (χ0) is 11.0. The van der Waals surface area contributed by atoms with Gasteiger partial charge in [-0.15, -0.1) is 0 Å². The Morgan fingerprint density at radius 2 is 2.07 bits per heavy atom. The fourth-order valence-corrected chi connectivity index (χ4v) is 4.71. The van der Waals surface area contributed by atoms with Crippen LogP contribution in [0.1, 0.15) is 39.0 Å². The second-order valence-corrected chi connectivity index (χ2v) is 6.54. The number of rotatable bonds is 4. The topological polar surface area (TPSA) is 43.1 Å². The molecule has 0 amide bonds. The zero-order valence-electron chi connectivity index (χ0n) is 9.06. The van der Waals surface area contributed by atoms with E-state index in [2.05, 4.69) is 22.6 Å². The number of hydrogen-bond donors (Lipinski definition) is 0. The molecule has 2 fully saturated rings. The summed E-state index contributed by atoms with van der Waals surface area (Å²) in [7, 11) is 0. The Bertz CT molecular complexity index is 253. The molecule has 0 aliphatic heterocycles. The van der Waals surface area contributed by atoms with E-state index in [0.717, 1.165) is 5.92 Å². The van der Waals surface area contributed by atoms with E-state index in [1.807, 2.05) is 0 Å². The van der Waals surface area contributed by atoms with E-state index in [-0.39, 0.29) is 11.0 Å². The van der Waals surface area contributed by atoms with E-state index in [1.165, 1.54) is 32.1 Å². The lowest BCUT2D eigenvalue weighted by Gasteiger charge is -2.08. The normalized spacial score (nSPS) is 37.9. The highest BCUT2D eigenvalue weighted by Crippen LogP contribution is 2.53. The van der Waals surface area contributed by atoms with E-state index in [0.29, 0.717) is 15.8 Å². The van der Waals surface area contributed by atoms with Crippen LogP contribution >= 0.6 is 22.6 Å². The van der Waals surface area contributed by atoms with E-state index in [4.69, 9.17) is 0 Å². The minimum absolute atomic E-state index is 0.106. The van der Waals surface area contributed by atoms with E-state index in [1.54, 1.807) is 6.92 Å². The Morgan fingerprint density at radius 1 is 1.47 bits per heavy atom. The number of nitrogens with zero attached hydrogens (tertiary/aromatic N) is 1. The average Bonchev–Trinajstić information content (AvgIpc) is 2.66. The molecule has 2 aliphatic rings. The summed E-state index contributed by atoms with van der Waals surface area (Å²) in [6.07, 6.45) is 6.72. The van der Waals surface area contributed by atoms with Crippen molar-refractivity contribution in [2.45, 2.75) is 49.0 Å². The largest absolute Gasteiger partial charge is 0.264 e. The van der Waals surface area contributed by atoms with Gasteiger partial charge in [-0.3, -0.25) is 10.1 Å². The van der Waals surface area contributed by atoms with Crippen molar-refractivity contribution in [1.29, 1.82) is 0 Å². The molecule has 0 heterocycles. The molecule has 2 aliphatic carbocycles. The highest BCUT2D eigenvalue weighted by atomic mass is 127. The second kappa shape index (κ2) is 4.55. The van der Waals surface area contributed by atoms with Gasteiger partial charge in [0.2, 0.25) is 6.04 Å². The van der Waals surface area contributed by atoms with Crippen LogP contribution < -0.4 is 0 Å². The molecule has 2 saturated carbocycles. The summed E-state index contributed by atoms with van der Waals surface area (Å²) in [5.41, 5.74) is 0. The molecule has 0 radical (unpaired) electrons. The lowest BCUT2D eigenvalue weighted by Crippen LogP contribution is -2.19. The van der Waals surface area contributed by atoms with Gasteiger partial charge in [0.1, 0.15) is 0 Å². The van der Waals surface area contributed by atoms with E-state index >= 15 is 0 Å². The molecule has 2 rings (SSSR count). The van der Waals surface area contributed by atoms with Gasteiger partial charge in [-0.1, -0.05) is 48.3 Å². The van der Waals surface area contributed by atoms with Crippen molar-refractivity contribution in [3.63, 3.8) is 0 Å². The minimum atomic E-state index is -0.335. The molecule has 0 spiro atoms. The molecule has 86 valence electrons. The summed E-state index contributed by atoms with van der Waals surface area (Å²) < 4.78 is 0.559. The van der Waals surface area contributed by atoms with Crippen molar-refractivity contribution in [3.8, 4) is 0 Å². The number of hydrogen-bond acceptors (Lipinski definition) is 2. The average molecular weight is 323 g/mol. The van der Waals surface area contributed by atoms with Crippen LogP contribution in [-0.2, 0) is 0 Å². The molecule has 4 atom stereocenters. The summed E-state index contributed by atoms with van der Waals surface area (Å²) in [5, 5.41) is 10.7. The number of alkyl halides is 1. The number of nitro groups is 1. The van der Waals surface area contributed by atoms with Crippen LogP contribution in [0.3, 0.4) is 0 Å². The SMILES string of the molecule is CC(C1C(I)C1CC1CCCC1)[N+](=O)[O-]. The maximum absolute atomic E-state index is 10.7. The Hall–Kier alpha value is 0.130. The maximum Gasteiger partial charge on any atom is 0.214 e. The van der Waals surface area contributed by atoms with Crippen LogP contribution in [0.15, 0.2) is 0 Å². The third kappa shape index (κ3) is 2.45. The second-order valence-electron chi connectivity index (χ2n) is 5.10. The van der Waals surface area contributed by atoms with Gasteiger partial charge in [0, 0.05) is 21.7 Å². The Balaban J connectivity index is 1.82. The molecule has 0 N–H and O–H groups in total. The quantitative estimate of drug-likeness (QED) is 0.345. The fraction of sp³-hybridized carbons (Fsp3) is 1.00. The molecule has 4 unspecified atom stereocenters. The Labute approximate surface area is 104 Å². The van der Waals surface area contributed by atoms with Gasteiger partial charge in [0.15, 0.2) is 0 Å². The molecule has 0 aromatic carbocycles. The monoisotopic (exact) mass is 323 g/mol. The van der Waals surface area contributed by atoms with Crippen LogP contribution in [0.5, 0.6) is 0 Å². The smallest absolute Gasteiger partial charge is 0.214 e. The van der Waals surface area contributed by atoms with Crippen LogP contribution in [0.25, 0.3) is 0 Å². The molecule has 0 bridgehead atoms. The van der Waals surface area contributed by atoms with Gasteiger partial charge in [0.25, 0.3) is 0 Å². The molecule has 0 aromatic rings. The summed E-state index contributed by atoms with van der Waals surface area (Å²) in [6, 6.07) is -0.335. The van der Waals surface area contributed by atoms with Gasteiger partial charge in [0.05, 0.1) is 0 Å². The van der Waals surface area contributed by atoms with Crippen molar-refractivity contribution in [2.24, 2.45) is 17.8 Å². The molecule has 3 nitrogen and oxygen atoms in total. The van der Waals surface area contributed by atoms with Crippen LogP contribution in [0, 0.1) is 27.9 Å². The Morgan fingerprint density at radius 3 is 2.60 bits per heavy atom. The highest BCUT2D eigenvalue weighted by molar-refractivity contribution is 14.1. The predicted molar refractivity (Wildman–Crippen MR) is 67.8 cm³/mol. The lowest BCUT2D eigenvalue weighted by atomic mass is 9.99. The summed E-state index contributed by atoms with van der Waals surface area (Å²) in [4.78, 5) is 10.6. The zero-order valence-corrected chi connectivity index (χ0v) is 11.2. The van der Waals surface area contributed by atoms with Crippen molar-refractivity contribution < 1.29 is 4.92 Å². The fourth-order valence-electron chi connectivity index (χ4n) is 3.04. The molecular weight excluding hydrogens is 305 g/mol. The van der Waals surface area contributed by atoms with Crippen LogP contribution in [-0.4, -0.2) is 14.9 Å². The van der Waals surface area contributed by atoms with Crippen molar-refractivity contribution >= 4 is 22.6 Å². The summed E-state index contributed by atoms with van der Waals surface area (Å²) >= 11 is 2.41. The summed E-state index contributed by atoms with van der Waals surface area (Å²) in [6.45, 7) is 1.77. The first-order valence-corrected chi connectivity index (χ1v) is 7.13. The summed E-state index contributed by atoms with van der Waals surface area (Å²) in [5.74, 6) is 1.85.